The minimum Gasteiger partial charge on any atom is -0.497 e. The first kappa shape index (κ1) is 25.2. The summed E-state index contributed by atoms with van der Waals surface area (Å²) in [6, 6.07) is 13.9. The van der Waals surface area contributed by atoms with E-state index < -0.39 is 29.1 Å². The van der Waals surface area contributed by atoms with Gasteiger partial charge in [0, 0.05) is 12.8 Å². The second-order valence-electron chi connectivity index (χ2n) is 8.28. The van der Waals surface area contributed by atoms with E-state index in [4.69, 9.17) is 19.7 Å². The molecule has 2 aliphatic heterocycles. The van der Waals surface area contributed by atoms with Gasteiger partial charge in [-0.05, 0) is 54.4 Å². The minimum absolute atomic E-state index is 0.176. The predicted octanol–water partition coefficient (Wildman–Crippen LogP) is 2.83. The fraction of sp³-hybridized carbons (Fsp3) is 0.320. The number of carbonyl (C=O) groups is 3. The second-order valence-corrected chi connectivity index (χ2v) is 9.45. The van der Waals surface area contributed by atoms with Crippen molar-refractivity contribution in [3.8, 4) is 11.5 Å². The molecule has 2 N–H and O–H groups in total. The average Bonchev–Trinajstić information content (AvgIpc) is 3.48. The Bertz CT molecular complexity index is 1210. The predicted molar refractivity (Wildman–Crippen MR) is 135 cm³/mol. The van der Waals surface area contributed by atoms with Crippen molar-refractivity contribution < 1.29 is 29.0 Å². The van der Waals surface area contributed by atoms with Crippen molar-refractivity contribution >= 4 is 40.4 Å². The number of aliphatic imine (C=N–C) groups is 1. The summed E-state index contributed by atoms with van der Waals surface area (Å²) < 4.78 is 10.5. The Hall–Kier alpha value is -3.86. The summed E-state index contributed by atoms with van der Waals surface area (Å²) in [4.78, 5) is 40.1. The quantitative estimate of drug-likeness (QED) is 0.555. The van der Waals surface area contributed by atoms with Crippen LogP contribution in [-0.4, -0.2) is 64.3 Å². The number of thioether (sulfide) groups is 1. The molecule has 10 nitrogen and oxygen atoms in total. The lowest BCUT2D eigenvalue weighted by Crippen LogP contribution is -2.39. The Labute approximate surface area is 212 Å². The largest absolute Gasteiger partial charge is 0.497 e. The molecule has 0 bridgehead atoms. The Morgan fingerprint density at radius 3 is 2.31 bits per heavy atom. The highest BCUT2D eigenvalue weighted by Gasteiger charge is 2.39. The van der Waals surface area contributed by atoms with Gasteiger partial charge in [0.1, 0.15) is 22.8 Å². The molecule has 0 radical (unpaired) electrons. The van der Waals surface area contributed by atoms with Crippen LogP contribution in [0.15, 0.2) is 58.6 Å². The molecule has 188 valence electrons. The van der Waals surface area contributed by atoms with Gasteiger partial charge in [0.15, 0.2) is 5.17 Å². The van der Waals surface area contributed by atoms with Gasteiger partial charge >= 0.3 is 5.97 Å². The molecule has 2 aromatic rings. The molecule has 0 aromatic heterocycles. The molecule has 2 amide bonds. The highest BCUT2D eigenvalue weighted by molar-refractivity contribution is 8.15. The molecule has 0 saturated carbocycles. The summed E-state index contributed by atoms with van der Waals surface area (Å²) >= 11 is 1.16. The molecule has 2 aliphatic rings. The number of carboxylic acids is 1. The number of carbonyl (C=O) groups excluding carboxylic acids is 2. The fourth-order valence-electron chi connectivity index (χ4n) is 3.87. The number of rotatable bonds is 8. The molecule has 0 spiro atoms. The van der Waals surface area contributed by atoms with E-state index in [0.29, 0.717) is 11.6 Å². The van der Waals surface area contributed by atoms with Crippen molar-refractivity contribution in [1.29, 1.82) is 0 Å². The number of hydrogen-bond acceptors (Lipinski definition) is 8. The van der Waals surface area contributed by atoms with E-state index in [0.717, 1.165) is 40.1 Å². The van der Waals surface area contributed by atoms with E-state index >= 15 is 0 Å². The van der Waals surface area contributed by atoms with Crippen LogP contribution in [0.4, 0.5) is 0 Å². The molecule has 4 rings (SSSR count). The first-order valence-corrected chi connectivity index (χ1v) is 12.1. The molecule has 36 heavy (non-hydrogen) atoms. The van der Waals surface area contributed by atoms with E-state index in [2.05, 4.69) is 10.3 Å². The first-order valence-electron chi connectivity index (χ1n) is 11.3. The number of ether oxygens (including phenoxy) is 2. The number of aliphatic carboxylic acids is 1. The van der Waals surface area contributed by atoms with Crippen molar-refractivity contribution in [2.75, 3.05) is 14.2 Å². The van der Waals surface area contributed by atoms with Gasteiger partial charge in [-0.25, -0.2) is 5.01 Å². The number of nitrogens with one attached hydrogen (secondary N) is 1. The zero-order valence-electron chi connectivity index (χ0n) is 20.0. The van der Waals surface area contributed by atoms with Gasteiger partial charge < -0.3 is 19.9 Å². The molecule has 2 aromatic carbocycles. The highest BCUT2D eigenvalue weighted by Crippen LogP contribution is 2.39. The van der Waals surface area contributed by atoms with Gasteiger partial charge in [0.2, 0.25) is 5.91 Å². The van der Waals surface area contributed by atoms with Gasteiger partial charge in [-0.2, -0.15) is 10.1 Å². The van der Waals surface area contributed by atoms with Gasteiger partial charge in [-0.3, -0.25) is 14.4 Å². The first-order chi connectivity index (χ1) is 17.3. The third-order valence-corrected chi connectivity index (χ3v) is 7.02. The van der Waals surface area contributed by atoms with Gasteiger partial charge in [-0.15, -0.1) is 0 Å². The summed E-state index contributed by atoms with van der Waals surface area (Å²) in [6.07, 6.45) is 0.401. The molecule has 0 aliphatic carbocycles. The van der Waals surface area contributed by atoms with E-state index in [1.165, 1.54) is 6.92 Å². The van der Waals surface area contributed by atoms with Crippen molar-refractivity contribution in [2.45, 2.75) is 37.1 Å². The summed E-state index contributed by atoms with van der Waals surface area (Å²) in [5.41, 5.74) is 2.71. The maximum Gasteiger partial charge on any atom is 0.325 e. The number of amidine groups is 1. The number of nitrogens with zero attached hydrogens (tertiary/aromatic N) is 3. The maximum absolute atomic E-state index is 12.6. The van der Waals surface area contributed by atoms with Gasteiger partial charge in [0.05, 0.1) is 26.0 Å². The molecular formula is C25H26N4O6S. The number of methoxy groups -OCH3 is 2. The molecule has 0 saturated heterocycles. The standard InChI is InChI=1S/C25H26N4O6S/c1-14(24(32)33)26-22(30)13-21-23(31)27-25(36-21)29-20(16-6-10-18(35-3)11-7-16)12-19(28-29)15-4-8-17(34-2)9-5-15/h4-11,14,20-21H,12-13H2,1-3H3,(H,26,30)(H,32,33)/t14-,20-,21+/m1/s1. The molecule has 0 unspecified atom stereocenters. The zero-order chi connectivity index (χ0) is 25.8. The zero-order valence-corrected chi connectivity index (χ0v) is 20.8. The lowest BCUT2D eigenvalue weighted by atomic mass is 9.98. The van der Waals surface area contributed by atoms with E-state index in [-0.39, 0.29) is 12.5 Å². The van der Waals surface area contributed by atoms with E-state index in [1.807, 2.05) is 48.5 Å². The van der Waals surface area contributed by atoms with Crippen molar-refractivity contribution in [2.24, 2.45) is 10.1 Å². The number of hydrazone groups is 1. The normalized spacial score (nSPS) is 20.0. The molecular weight excluding hydrogens is 484 g/mol. The van der Waals surface area contributed by atoms with Crippen LogP contribution in [0.3, 0.4) is 0 Å². The Morgan fingerprint density at radius 2 is 1.72 bits per heavy atom. The SMILES string of the molecule is COc1ccc(C2=NN(C3=NC(=O)[C@H](CC(=O)N[C@H](C)C(=O)O)S3)[C@@H](c3ccc(OC)cc3)C2)cc1. The lowest BCUT2D eigenvalue weighted by molar-refractivity contribution is -0.141. The van der Waals surface area contributed by atoms with Crippen molar-refractivity contribution in [3.05, 3.63) is 59.7 Å². The highest BCUT2D eigenvalue weighted by atomic mass is 32.2. The third kappa shape index (κ3) is 5.51. The molecule has 11 heteroatoms. The van der Waals surface area contributed by atoms with Crippen LogP contribution in [0.2, 0.25) is 0 Å². The topological polar surface area (TPSA) is 130 Å². The Morgan fingerprint density at radius 1 is 1.11 bits per heavy atom. The monoisotopic (exact) mass is 510 g/mol. The maximum atomic E-state index is 12.6. The summed E-state index contributed by atoms with van der Waals surface area (Å²) in [6.45, 7) is 1.37. The average molecular weight is 511 g/mol. The van der Waals surface area contributed by atoms with Crippen LogP contribution in [-0.2, 0) is 14.4 Å². The number of carboxylic acid groups (broad SMARTS) is 1. The summed E-state index contributed by atoms with van der Waals surface area (Å²) in [7, 11) is 3.21. The number of benzene rings is 2. The van der Waals surface area contributed by atoms with Crippen LogP contribution in [0.5, 0.6) is 11.5 Å². The van der Waals surface area contributed by atoms with Gasteiger partial charge in [-0.1, -0.05) is 23.9 Å². The molecule has 0 fully saturated rings. The lowest BCUT2D eigenvalue weighted by Gasteiger charge is -2.23. The molecule has 3 atom stereocenters. The van der Waals surface area contributed by atoms with Crippen LogP contribution >= 0.6 is 11.8 Å². The minimum atomic E-state index is -1.15. The second kappa shape index (κ2) is 10.8. The van der Waals surface area contributed by atoms with Crippen LogP contribution < -0.4 is 14.8 Å². The smallest absolute Gasteiger partial charge is 0.325 e. The van der Waals surface area contributed by atoms with E-state index in [9.17, 15) is 14.4 Å². The van der Waals surface area contributed by atoms with Crippen LogP contribution in [0.1, 0.15) is 36.9 Å². The molecule has 2 heterocycles. The Balaban J connectivity index is 1.56. The van der Waals surface area contributed by atoms with E-state index in [1.54, 1.807) is 19.2 Å². The van der Waals surface area contributed by atoms with Crippen LogP contribution in [0, 0.1) is 0 Å². The third-order valence-electron chi connectivity index (χ3n) is 5.88. The fourth-order valence-corrected chi connectivity index (χ4v) is 4.93. The van der Waals surface area contributed by atoms with Crippen molar-refractivity contribution in [1.82, 2.24) is 10.3 Å². The van der Waals surface area contributed by atoms with Gasteiger partial charge in [0.25, 0.3) is 5.91 Å². The number of hydrogen-bond donors (Lipinski definition) is 2. The summed E-state index contributed by atoms with van der Waals surface area (Å²) in [5, 5.41) is 17.6. The number of amides is 2. The summed E-state index contributed by atoms with van der Waals surface area (Å²) in [5.74, 6) is -0.660. The Kier molecular flexibility index (Phi) is 7.58. The van der Waals surface area contributed by atoms with Crippen LogP contribution in [0.25, 0.3) is 0 Å². The van der Waals surface area contributed by atoms with Crippen molar-refractivity contribution in [3.63, 3.8) is 0 Å².